The molecule has 2 radical (unpaired) electrons. The Hall–Kier alpha value is -2.37. The lowest BCUT2D eigenvalue weighted by Gasteiger charge is -2.35. The molecule has 0 spiro atoms. The highest BCUT2D eigenvalue weighted by Gasteiger charge is 2.28. The van der Waals surface area contributed by atoms with Crippen molar-refractivity contribution in [3.63, 3.8) is 0 Å². The number of nitrogens with one attached hydrogen (secondary N) is 1. The quantitative estimate of drug-likeness (QED) is 0.359. The number of nitrogen functional groups attached to an aromatic ring is 1. The number of benzene rings is 1. The van der Waals surface area contributed by atoms with Gasteiger partial charge < -0.3 is 20.3 Å². The molecule has 3 aromatic rings. The predicted octanol–water partition coefficient (Wildman–Crippen LogP) is 2.92. The van der Waals surface area contributed by atoms with Crippen LogP contribution in [0.1, 0.15) is 18.6 Å². The number of ether oxygens (including phenoxy) is 2. The highest BCUT2D eigenvalue weighted by atomic mass is 35.5. The van der Waals surface area contributed by atoms with Crippen LogP contribution < -0.4 is 15.8 Å². The fourth-order valence-electron chi connectivity index (χ4n) is 3.46. The van der Waals surface area contributed by atoms with Crippen LogP contribution in [0.5, 0.6) is 5.75 Å². The first-order valence-electron chi connectivity index (χ1n) is 10.1. The van der Waals surface area contributed by atoms with Gasteiger partial charge >= 0.3 is 0 Å². The van der Waals surface area contributed by atoms with E-state index in [4.69, 9.17) is 46.3 Å². The molecule has 4 rings (SSSR count). The van der Waals surface area contributed by atoms with Gasteiger partial charge in [-0.25, -0.2) is 9.37 Å². The lowest BCUT2D eigenvalue weighted by molar-refractivity contribution is -0.0902. The van der Waals surface area contributed by atoms with Crippen LogP contribution in [0.25, 0.3) is 11.1 Å². The Morgan fingerprint density at radius 2 is 2.21 bits per heavy atom. The van der Waals surface area contributed by atoms with Crippen LogP contribution in [-0.2, 0) is 11.3 Å². The Morgan fingerprint density at radius 3 is 2.94 bits per heavy atom. The molecule has 0 amide bonds. The van der Waals surface area contributed by atoms with Gasteiger partial charge in [-0.05, 0) is 25.1 Å². The monoisotopic (exact) mass is 491 g/mol. The summed E-state index contributed by atoms with van der Waals surface area (Å²) in [6.45, 7) is 2.51. The van der Waals surface area contributed by atoms with E-state index in [1.807, 2.05) is 6.20 Å². The van der Waals surface area contributed by atoms with Gasteiger partial charge in [0.1, 0.15) is 19.8 Å². The Morgan fingerprint density at radius 1 is 1.42 bits per heavy atom. The first-order valence-corrected chi connectivity index (χ1v) is 10.8. The van der Waals surface area contributed by atoms with Crippen molar-refractivity contribution in [2.75, 3.05) is 18.9 Å². The first kappa shape index (κ1) is 23.8. The van der Waals surface area contributed by atoms with E-state index in [0.29, 0.717) is 30.0 Å². The van der Waals surface area contributed by atoms with Gasteiger partial charge in [0.15, 0.2) is 11.6 Å². The first-order chi connectivity index (χ1) is 15.6. The molecule has 0 bridgehead atoms. The van der Waals surface area contributed by atoms with Gasteiger partial charge in [0.2, 0.25) is 0 Å². The summed E-state index contributed by atoms with van der Waals surface area (Å²) in [5, 5.41) is 17.0. The number of hydrogen-bond donors (Lipinski definition) is 3. The number of aromatic nitrogens is 3. The molecule has 0 aliphatic carbocycles. The largest absolute Gasteiger partial charge is 0.482 e. The van der Waals surface area contributed by atoms with Gasteiger partial charge in [-0.2, -0.15) is 5.10 Å². The van der Waals surface area contributed by atoms with E-state index < -0.39 is 17.5 Å². The summed E-state index contributed by atoms with van der Waals surface area (Å²) >= 11 is 12.3. The van der Waals surface area contributed by atoms with Crippen molar-refractivity contribution in [2.24, 2.45) is 0 Å². The zero-order chi connectivity index (χ0) is 23.8. The molecule has 2 aromatic heterocycles. The van der Waals surface area contributed by atoms with E-state index in [-0.39, 0.29) is 28.6 Å². The van der Waals surface area contributed by atoms with Crippen molar-refractivity contribution in [3.05, 3.63) is 58.2 Å². The molecule has 3 heterocycles. The molecule has 12 heteroatoms. The standard InChI is InChI=1S/C21H21BCl2FN5O3/c1-11(18-15(23)2-3-16(25)19(18)24)33-17-4-12(5-27-20(17)26)13-6-29-30(8-13)9-14-7-28-21(22,31)10-32-14/h2-6,8,11,14,28,31H,7,9-10H2,1H3,(H2,26,27). The third-order valence-corrected chi connectivity index (χ3v) is 5.92. The summed E-state index contributed by atoms with van der Waals surface area (Å²) in [6.07, 6.45) is 4.22. The molecular weight excluding hydrogens is 471 g/mol. The summed E-state index contributed by atoms with van der Waals surface area (Å²) in [5.41, 5.74) is 6.30. The summed E-state index contributed by atoms with van der Waals surface area (Å²) in [7, 11) is 5.57. The van der Waals surface area contributed by atoms with Gasteiger partial charge in [-0.3, -0.25) is 10.00 Å². The number of rotatable bonds is 6. The van der Waals surface area contributed by atoms with E-state index in [0.717, 1.165) is 5.56 Å². The van der Waals surface area contributed by atoms with Crippen LogP contribution in [0.15, 0.2) is 36.8 Å². The van der Waals surface area contributed by atoms with Gasteiger partial charge in [0.05, 0.1) is 36.1 Å². The zero-order valence-corrected chi connectivity index (χ0v) is 19.1. The molecule has 4 N–H and O–H groups in total. The minimum absolute atomic E-state index is 0.0219. The smallest absolute Gasteiger partial charge is 0.166 e. The minimum Gasteiger partial charge on any atom is -0.482 e. The summed E-state index contributed by atoms with van der Waals surface area (Å²) in [6, 6.07) is 4.33. The van der Waals surface area contributed by atoms with E-state index in [2.05, 4.69) is 15.4 Å². The van der Waals surface area contributed by atoms with Crippen molar-refractivity contribution in [2.45, 2.75) is 31.3 Å². The Labute approximate surface area is 201 Å². The Balaban J connectivity index is 1.50. The molecule has 3 unspecified atom stereocenters. The lowest BCUT2D eigenvalue weighted by atomic mass is 9.90. The van der Waals surface area contributed by atoms with Crippen molar-refractivity contribution in [3.8, 4) is 16.9 Å². The van der Waals surface area contributed by atoms with E-state index in [1.165, 1.54) is 12.1 Å². The SMILES string of the molecule is [B]C1(O)COC(Cn2cc(-c3cnc(N)c(OC(C)c4c(Cl)ccc(F)c4Cl)c3)cn2)CN1. The lowest BCUT2D eigenvalue weighted by Crippen LogP contribution is -2.58. The summed E-state index contributed by atoms with van der Waals surface area (Å²) in [5.74, 6) is -0.129. The van der Waals surface area contributed by atoms with Crippen LogP contribution in [0.3, 0.4) is 0 Å². The molecule has 1 saturated heterocycles. The highest BCUT2D eigenvalue weighted by molar-refractivity contribution is 6.36. The predicted molar refractivity (Wildman–Crippen MR) is 124 cm³/mol. The molecule has 172 valence electrons. The number of hydrogen-bond acceptors (Lipinski definition) is 7. The molecule has 1 aliphatic rings. The van der Waals surface area contributed by atoms with Gasteiger partial charge in [0, 0.05) is 40.7 Å². The minimum atomic E-state index is -1.52. The zero-order valence-electron chi connectivity index (χ0n) is 17.6. The van der Waals surface area contributed by atoms with Crippen molar-refractivity contribution in [1.82, 2.24) is 20.1 Å². The third kappa shape index (κ3) is 5.42. The van der Waals surface area contributed by atoms with E-state index >= 15 is 0 Å². The number of morpholine rings is 1. The molecule has 1 aromatic carbocycles. The number of anilines is 1. The van der Waals surface area contributed by atoms with Crippen LogP contribution >= 0.6 is 23.2 Å². The van der Waals surface area contributed by atoms with Gasteiger partial charge in [0.25, 0.3) is 0 Å². The van der Waals surface area contributed by atoms with Crippen molar-refractivity contribution in [1.29, 1.82) is 0 Å². The summed E-state index contributed by atoms with van der Waals surface area (Å²) in [4.78, 5) is 4.20. The van der Waals surface area contributed by atoms with Crippen LogP contribution in [-0.4, -0.2) is 52.6 Å². The van der Waals surface area contributed by atoms with Gasteiger partial charge in [-0.1, -0.05) is 23.2 Å². The molecule has 0 saturated carbocycles. The molecule has 3 atom stereocenters. The highest BCUT2D eigenvalue weighted by Crippen LogP contribution is 2.36. The fraction of sp³-hybridized carbons (Fsp3) is 0.333. The second-order valence-corrected chi connectivity index (χ2v) is 8.60. The topological polar surface area (TPSA) is 107 Å². The normalized spacial score (nSPS) is 21.7. The number of nitrogens with two attached hydrogens (primary N) is 1. The molecule has 8 nitrogen and oxygen atoms in total. The van der Waals surface area contributed by atoms with E-state index in [1.54, 1.807) is 30.1 Å². The van der Waals surface area contributed by atoms with Crippen LogP contribution in [0.2, 0.25) is 10.0 Å². The number of aliphatic hydroxyl groups is 1. The Bertz CT molecular complexity index is 1150. The average Bonchev–Trinajstić information content (AvgIpc) is 3.23. The second-order valence-electron chi connectivity index (χ2n) is 7.81. The maximum Gasteiger partial charge on any atom is 0.166 e. The third-order valence-electron chi connectivity index (χ3n) is 5.20. The molecule has 1 fully saturated rings. The number of halogens is 3. The Kier molecular flexibility index (Phi) is 6.83. The van der Waals surface area contributed by atoms with E-state index in [9.17, 15) is 9.50 Å². The second kappa shape index (κ2) is 9.48. The fourth-order valence-corrected chi connectivity index (χ4v) is 4.13. The maximum absolute atomic E-state index is 13.9. The molecule has 33 heavy (non-hydrogen) atoms. The summed E-state index contributed by atoms with van der Waals surface area (Å²) < 4.78 is 27.1. The molecular formula is C21H21BCl2FN5O3. The average molecular weight is 492 g/mol. The van der Waals surface area contributed by atoms with Crippen molar-refractivity contribution >= 4 is 36.9 Å². The number of nitrogens with zero attached hydrogens (tertiary/aromatic N) is 3. The maximum atomic E-state index is 13.9. The van der Waals surface area contributed by atoms with Crippen molar-refractivity contribution < 1.29 is 19.0 Å². The van der Waals surface area contributed by atoms with Gasteiger partial charge in [-0.15, -0.1) is 0 Å². The van der Waals surface area contributed by atoms with Crippen LogP contribution in [0.4, 0.5) is 10.2 Å². The molecule has 1 aliphatic heterocycles. The van der Waals surface area contributed by atoms with Crippen LogP contribution in [0, 0.1) is 5.82 Å². The number of pyridine rings is 1.